The molecular weight excluding hydrogens is 262 g/mol. The van der Waals surface area contributed by atoms with Crippen LogP contribution in [0.15, 0.2) is 0 Å². The fourth-order valence-electron chi connectivity index (χ4n) is 1.94. The normalized spacial score (nSPS) is 13.3. The molecule has 0 fully saturated rings. The predicted octanol–water partition coefficient (Wildman–Crippen LogP) is 3.18. The molecule has 1 aromatic heterocycles. The van der Waals surface area contributed by atoms with Crippen molar-refractivity contribution in [2.45, 2.75) is 59.4 Å². The highest BCUT2D eigenvalue weighted by molar-refractivity contribution is 7.09. The molecule has 0 aliphatic heterocycles. The van der Waals surface area contributed by atoms with Crippen molar-refractivity contribution in [2.24, 2.45) is 5.41 Å². The summed E-state index contributed by atoms with van der Waals surface area (Å²) >= 11 is 1.31. The van der Waals surface area contributed by atoms with Gasteiger partial charge in [-0.3, -0.25) is 4.79 Å². The lowest BCUT2D eigenvalue weighted by Gasteiger charge is -2.25. The van der Waals surface area contributed by atoms with E-state index in [0.29, 0.717) is 0 Å². The first-order valence-electron chi connectivity index (χ1n) is 6.61. The standard InChI is InChI=1S/C13H23N3O2S/c1-5-6-10-15-12(19-16-10)14-9(7-11(17)18)8-13(2,3)4/h9H,5-8H2,1-4H3,(H,17,18)(H,14,15,16). The molecule has 0 saturated carbocycles. The van der Waals surface area contributed by atoms with Crippen LogP contribution in [0.2, 0.25) is 0 Å². The van der Waals surface area contributed by atoms with E-state index in [9.17, 15) is 4.79 Å². The van der Waals surface area contributed by atoms with Gasteiger partial charge in [0, 0.05) is 24.0 Å². The summed E-state index contributed by atoms with van der Waals surface area (Å²) in [7, 11) is 0. The van der Waals surface area contributed by atoms with Gasteiger partial charge < -0.3 is 10.4 Å². The maximum Gasteiger partial charge on any atom is 0.305 e. The van der Waals surface area contributed by atoms with Crippen molar-refractivity contribution in [2.75, 3.05) is 5.32 Å². The Morgan fingerprint density at radius 2 is 2.16 bits per heavy atom. The number of hydrogen-bond donors (Lipinski definition) is 2. The van der Waals surface area contributed by atoms with Crippen LogP contribution in [0.4, 0.5) is 5.13 Å². The largest absolute Gasteiger partial charge is 0.481 e. The van der Waals surface area contributed by atoms with Crippen molar-refractivity contribution < 1.29 is 9.90 Å². The minimum Gasteiger partial charge on any atom is -0.481 e. The first-order chi connectivity index (χ1) is 8.80. The highest BCUT2D eigenvalue weighted by Gasteiger charge is 2.22. The van der Waals surface area contributed by atoms with Gasteiger partial charge in [0.2, 0.25) is 5.13 Å². The summed E-state index contributed by atoms with van der Waals surface area (Å²) in [5.74, 6) is 0.0416. The van der Waals surface area contributed by atoms with E-state index < -0.39 is 5.97 Å². The fraction of sp³-hybridized carbons (Fsp3) is 0.769. The van der Waals surface area contributed by atoms with Gasteiger partial charge in [0.15, 0.2) is 0 Å². The van der Waals surface area contributed by atoms with E-state index in [2.05, 4.69) is 42.4 Å². The average Bonchev–Trinajstić information content (AvgIpc) is 2.62. The number of aromatic nitrogens is 2. The molecule has 0 bridgehead atoms. The summed E-state index contributed by atoms with van der Waals surface area (Å²) in [5.41, 5.74) is 0.0735. The zero-order valence-corrected chi connectivity index (χ0v) is 12.9. The Balaban J connectivity index is 2.67. The summed E-state index contributed by atoms with van der Waals surface area (Å²) in [5, 5.41) is 12.9. The van der Waals surface area contributed by atoms with Gasteiger partial charge in [-0.25, -0.2) is 4.98 Å². The number of aryl methyl sites for hydroxylation is 1. The molecular formula is C13H23N3O2S. The smallest absolute Gasteiger partial charge is 0.305 e. The summed E-state index contributed by atoms with van der Waals surface area (Å²) in [6.45, 7) is 8.39. The lowest BCUT2D eigenvalue weighted by Crippen LogP contribution is -2.28. The average molecular weight is 285 g/mol. The van der Waals surface area contributed by atoms with E-state index >= 15 is 0 Å². The number of anilines is 1. The van der Waals surface area contributed by atoms with Crippen LogP contribution in [-0.4, -0.2) is 26.5 Å². The molecule has 5 nitrogen and oxygen atoms in total. The number of carbonyl (C=O) groups is 1. The second kappa shape index (κ2) is 6.84. The molecule has 1 heterocycles. The molecule has 1 rings (SSSR count). The molecule has 1 atom stereocenters. The molecule has 2 N–H and O–H groups in total. The minimum atomic E-state index is -0.792. The van der Waals surface area contributed by atoms with Crippen LogP contribution in [0.1, 0.15) is 52.8 Å². The van der Waals surface area contributed by atoms with Crippen LogP contribution < -0.4 is 5.32 Å². The van der Waals surface area contributed by atoms with Crippen LogP contribution in [0.3, 0.4) is 0 Å². The molecule has 1 aromatic rings. The summed E-state index contributed by atoms with van der Waals surface area (Å²) < 4.78 is 4.26. The van der Waals surface area contributed by atoms with Crippen LogP contribution in [0, 0.1) is 5.41 Å². The van der Waals surface area contributed by atoms with Crippen molar-refractivity contribution in [1.29, 1.82) is 0 Å². The number of hydrogen-bond acceptors (Lipinski definition) is 5. The predicted molar refractivity (Wildman–Crippen MR) is 77.6 cm³/mol. The van der Waals surface area contributed by atoms with Crippen LogP contribution >= 0.6 is 11.5 Å². The van der Waals surface area contributed by atoms with Crippen LogP contribution in [-0.2, 0) is 11.2 Å². The molecule has 0 spiro atoms. The third-order valence-corrected chi connectivity index (χ3v) is 3.23. The van der Waals surface area contributed by atoms with Gasteiger partial charge in [-0.05, 0) is 18.3 Å². The molecule has 6 heteroatoms. The van der Waals surface area contributed by atoms with E-state index in [4.69, 9.17) is 5.11 Å². The maximum atomic E-state index is 10.9. The molecule has 0 saturated heterocycles. The number of rotatable bonds is 7. The van der Waals surface area contributed by atoms with Gasteiger partial charge in [-0.2, -0.15) is 4.37 Å². The Morgan fingerprint density at radius 1 is 1.47 bits per heavy atom. The van der Waals surface area contributed by atoms with Crippen molar-refractivity contribution in [3.8, 4) is 0 Å². The van der Waals surface area contributed by atoms with Crippen molar-refractivity contribution >= 4 is 22.6 Å². The fourth-order valence-corrected chi connectivity index (χ4v) is 2.63. The van der Waals surface area contributed by atoms with Crippen molar-refractivity contribution in [3.63, 3.8) is 0 Å². The molecule has 0 aliphatic rings. The Labute approximate surface area is 118 Å². The lowest BCUT2D eigenvalue weighted by molar-refractivity contribution is -0.137. The van der Waals surface area contributed by atoms with E-state index in [1.807, 2.05) is 0 Å². The van der Waals surface area contributed by atoms with Crippen LogP contribution in [0.25, 0.3) is 0 Å². The topological polar surface area (TPSA) is 75.1 Å². The number of nitrogens with zero attached hydrogens (tertiary/aromatic N) is 2. The first-order valence-corrected chi connectivity index (χ1v) is 7.38. The van der Waals surface area contributed by atoms with Gasteiger partial charge in [-0.1, -0.05) is 27.7 Å². The van der Waals surface area contributed by atoms with E-state index in [1.54, 1.807) is 0 Å². The van der Waals surface area contributed by atoms with Crippen molar-refractivity contribution in [1.82, 2.24) is 9.36 Å². The lowest BCUT2D eigenvalue weighted by atomic mass is 9.87. The highest BCUT2D eigenvalue weighted by atomic mass is 32.1. The highest BCUT2D eigenvalue weighted by Crippen LogP contribution is 2.25. The second-order valence-electron chi connectivity index (χ2n) is 5.97. The van der Waals surface area contributed by atoms with E-state index in [-0.39, 0.29) is 17.9 Å². The third-order valence-electron chi connectivity index (χ3n) is 2.55. The molecule has 108 valence electrons. The summed E-state index contributed by atoms with van der Waals surface area (Å²) in [6.07, 6.45) is 2.75. The number of aliphatic carboxylic acids is 1. The maximum absolute atomic E-state index is 10.9. The summed E-state index contributed by atoms with van der Waals surface area (Å²) in [6, 6.07) is -0.111. The Kier molecular flexibility index (Phi) is 5.72. The van der Waals surface area contributed by atoms with Gasteiger partial charge >= 0.3 is 5.97 Å². The number of carboxylic acids is 1. The zero-order valence-electron chi connectivity index (χ0n) is 12.1. The first kappa shape index (κ1) is 15.9. The van der Waals surface area contributed by atoms with Gasteiger partial charge in [0.25, 0.3) is 0 Å². The minimum absolute atomic E-state index is 0.0735. The molecule has 0 amide bonds. The SMILES string of the molecule is CCCc1nsc(NC(CC(=O)O)CC(C)(C)C)n1. The summed E-state index contributed by atoms with van der Waals surface area (Å²) in [4.78, 5) is 15.3. The quantitative estimate of drug-likeness (QED) is 0.804. The van der Waals surface area contributed by atoms with Crippen molar-refractivity contribution in [3.05, 3.63) is 5.82 Å². The molecule has 0 aromatic carbocycles. The Hall–Kier alpha value is -1.17. The van der Waals surface area contributed by atoms with Gasteiger partial charge in [-0.15, -0.1) is 0 Å². The van der Waals surface area contributed by atoms with E-state index in [1.165, 1.54) is 11.5 Å². The third kappa shape index (κ3) is 6.52. The molecule has 0 aliphatic carbocycles. The monoisotopic (exact) mass is 285 g/mol. The second-order valence-corrected chi connectivity index (χ2v) is 6.72. The molecule has 19 heavy (non-hydrogen) atoms. The van der Waals surface area contributed by atoms with Gasteiger partial charge in [0.05, 0.1) is 6.42 Å². The van der Waals surface area contributed by atoms with Crippen LogP contribution in [0.5, 0.6) is 0 Å². The molecule has 1 unspecified atom stereocenters. The molecule has 0 radical (unpaired) electrons. The van der Waals surface area contributed by atoms with Gasteiger partial charge in [0.1, 0.15) is 5.82 Å². The zero-order chi connectivity index (χ0) is 14.5. The number of carboxylic acid groups (broad SMARTS) is 1. The van der Waals surface area contributed by atoms with E-state index in [0.717, 1.165) is 30.2 Å². The Morgan fingerprint density at radius 3 is 2.68 bits per heavy atom. The number of nitrogens with one attached hydrogen (secondary N) is 1. The Bertz CT molecular complexity index is 412.